The van der Waals surface area contributed by atoms with E-state index in [1.165, 1.54) is 23.9 Å². The Morgan fingerprint density at radius 2 is 1.73 bits per heavy atom. The van der Waals surface area contributed by atoms with Gasteiger partial charge >= 0.3 is 5.97 Å². The van der Waals surface area contributed by atoms with E-state index in [0.29, 0.717) is 40.3 Å². The number of nitro groups is 1. The molecule has 0 aromatic heterocycles. The van der Waals surface area contributed by atoms with Crippen LogP contribution in [0.2, 0.25) is 0 Å². The van der Waals surface area contributed by atoms with Gasteiger partial charge in [-0.15, -0.1) is 0 Å². The summed E-state index contributed by atoms with van der Waals surface area (Å²) in [5.74, 6) is -0.428. The van der Waals surface area contributed by atoms with Crippen molar-refractivity contribution >= 4 is 34.2 Å². The molecule has 1 atom stereocenters. The lowest BCUT2D eigenvalue weighted by atomic mass is 9.82. The van der Waals surface area contributed by atoms with Crippen molar-refractivity contribution in [2.45, 2.75) is 32.9 Å². The summed E-state index contributed by atoms with van der Waals surface area (Å²) < 4.78 is 5.33. The van der Waals surface area contributed by atoms with E-state index in [4.69, 9.17) is 4.74 Å². The van der Waals surface area contributed by atoms with Gasteiger partial charge in [-0.25, -0.2) is 4.79 Å². The topological polar surface area (TPSA) is 98.5 Å². The highest BCUT2D eigenvalue weighted by Crippen LogP contribution is 2.39. The number of ether oxygens (including phenoxy) is 1. The normalized spacial score (nSPS) is 15.8. The molecule has 0 bridgehead atoms. The Hall–Kier alpha value is -3.39. The molecule has 0 aliphatic carbocycles. The summed E-state index contributed by atoms with van der Waals surface area (Å²) in [5.41, 5.74) is 3.70. The molecule has 0 saturated heterocycles. The Labute approximate surface area is 197 Å². The molecule has 8 heteroatoms. The van der Waals surface area contributed by atoms with Gasteiger partial charge in [-0.3, -0.25) is 14.9 Å². The number of nitro benzene ring substituents is 1. The van der Waals surface area contributed by atoms with Crippen molar-refractivity contribution in [3.63, 3.8) is 0 Å². The van der Waals surface area contributed by atoms with Crippen LogP contribution in [0.25, 0.3) is 5.70 Å². The van der Waals surface area contributed by atoms with Gasteiger partial charge in [-0.05, 0) is 43.5 Å². The fourth-order valence-electron chi connectivity index (χ4n) is 3.84. The lowest BCUT2D eigenvalue weighted by Crippen LogP contribution is -2.32. The maximum absolute atomic E-state index is 13.3. The van der Waals surface area contributed by atoms with E-state index in [-0.39, 0.29) is 17.4 Å². The molecule has 1 N–H and O–H groups in total. The molecule has 172 valence electrons. The first kappa shape index (κ1) is 24.3. The van der Waals surface area contributed by atoms with Crippen molar-refractivity contribution in [2.24, 2.45) is 5.92 Å². The van der Waals surface area contributed by atoms with Crippen LogP contribution < -0.4 is 5.32 Å². The van der Waals surface area contributed by atoms with E-state index >= 15 is 0 Å². The molecule has 2 aromatic carbocycles. The monoisotopic (exact) mass is 466 g/mol. The molecule has 1 aliphatic heterocycles. The summed E-state index contributed by atoms with van der Waals surface area (Å²) in [5, 5.41) is 14.2. The van der Waals surface area contributed by atoms with Crippen LogP contribution in [0.5, 0.6) is 0 Å². The molecule has 0 fully saturated rings. The highest BCUT2D eigenvalue weighted by Gasteiger charge is 2.36. The van der Waals surface area contributed by atoms with Crippen molar-refractivity contribution in [3.8, 4) is 0 Å². The number of thioether (sulfide) groups is 1. The van der Waals surface area contributed by atoms with Crippen molar-refractivity contribution in [2.75, 3.05) is 6.61 Å². The molecule has 0 saturated carbocycles. The molecular formula is C25H26N2O5S. The number of hydrogen-bond donors (Lipinski definition) is 1. The van der Waals surface area contributed by atoms with Crippen molar-refractivity contribution in [1.82, 2.24) is 5.32 Å². The number of nitrogens with one attached hydrogen (secondary N) is 1. The molecule has 33 heavy (non-hydrogen) atoms. The lowest BCUT2D eigenvalue weighted by molar-refractivity contribution is -0.384. The minimum Gasteiger partial charge on any atom is -0.463 e. The number of hydrogen-bond acceptors (Lipinski definition) is 7. The zero-order valence-corrected chi connectivity index (χ0v) is 19.6. The minimum atomic E-state index is -0.504. The molecule has 1 unspecified atom stereocenters. The van der Waals surface area contributed by atoms with E-state index < -0.39 is 16.8 Å². The molecule has 0 amide bonds. The van der Waals surface area contributed by atoms with Gasteiger partial charge in [0.1, 0.15) is 0 Å². The first-order chi connectivity index (χ1) is 15.9. The number of esters is 1. The third kappa shape index (κ3) is 5.51. The quantitative estimate of drug-likeness (QED) is 0.323. The number of allylic oxidation sites excluding steroid dienone is 1. The molecule has 3 rings (SSSR count). The highest BCUT2D eigenvalue weighted by atomic mass is 32.2. The summed E-state index contributed by atoms with van der Waals surface area (Å²) in [6.45, 7) is 5.66. The Morgan fingerprint density at radius 1 is 1.06 bits per heavy atom. The number of non-ortho nitro benzene ring substituents is 1. The summed E-state index contributed by atoms with van der Waals surface area (Å²) in [6.07, 6.45) is 0.524. The van der Waals surface area contributed by atoms with Crippen LogP contribution in [0.4, 0.5) is 5.69 Å². The first-order valence-electron chi connectivity index (χ1n) is 10.7. The second kappa shape index (κ2) is 11.0. The minimum absolute atomic E-state index is 0.0414. The van der Waals surface area contributed by atoms with Crippen LogP contribution in [0, 0.1) is 16.0 Å². The maximum atomic E-state index is 13.3. The summed E-state index contributed by atoms with van der Waals surface area (Å²) in [6, 6.07) is 15.7. The third-order valence-corrected chi connectivity index (χ3v) is 6.35. The zero-order valence-electron chi connectivity index (χ0n) is 18.8. The Bertz CT molecular complexity index is 1110. The molecule has 2 aromatic rings. The molecule has 0 radical (unpaired) electrons. The predicted molar refractivity (Wildman–Crippen MR) is 129 cm³/mol. The molecule has 1 aliphatic rings. The second-order valence-electron chi connectivity index (χ2n) is 7.50. The van der Waals surface area contributed by atoms with Gasteiger partial charge in [-0.2, -0.15) is 0 Å². The standard InChI is InChI=1S/C25H26N2O5S/c1-4-20-21(25(29)33-15-17-9-7-6-8-10-17)16(3)26-23(22(20)24(28)32-5-2)18-11-13-19(14-12-18)27(30)31/h6-14,20,26H,4-5,15H2,1-3H3. The number of benzene rings is 2. The van der Waals surface area contributed by atoms with Crippen molar-refractivity contribution < 1.29 is 19.2 Å². The number of nitrogens with zero attached hydrogens (tertiary/aromatic N) is 1. The van der Waals surface area contributed by atoms with E-state index in [0.717, 1.165) is 5.56 Å². The SMILES string of the molecule is CCOC(=O)C1=C(c2ccc([N+](=O)[O-])cc2)NC(C)=C(C(=O)SCc2ccccc2)C1CC. The highest BCUT2D eigenvalue weighted by molar-refractivity contribution is 8.13. The van der Waals surface area contributed by atoms with Crippen molar-refractivity contribution in [3.05, 3.63) is 92.7 Å². The summed E-state index contributed by atoms with van der Waals surface area (Å²) >= 11 is 1.20. The lowest BCUT2D eigenvalue weighted by Gasteiger charge is -2.31. The van der Waals surface area contributed by atoms with Crippen LogP contribution in [0.15, 0.2) is 71.4 Å². The summed E-state index contributed by atoms with van der Waals surface area (Å²) in [4.78, 5) is 36.8. The van der Waals surface area contributed by atoms with Crippen molar-refractivity contribution in [1.29, 1.82) is 0 Å². The van der Waals surface area contributed by atoms with Crippen LogP contribution in [-0.4, -0.2) is 22.6 Å². The largest absolute Gasteiger partial charge is 0.463 e. The van der Waals surface area contributed by atoms with Gasteiger partial charge in [0.2, 0.25) is 5.12 Å². The molecule has 7 nitrogen and oxygen atoms in total. The number of carbonyl (C=O) groups excluding carboxylic acids is 2. The van der Waals surface area contributed by atoms with Gasteiger partial charge in [0, 0.05) is 35.1 Å². The average Bonchev–Trinajstić information content (AvgIpc) is 2.82. The van der Waals surface area contributed by atoms with E-state index in [1.54, 1.807) is 19.1 Å². The van der Waals surface area contributed by atoms with Crippen LogP contribution in [0.3, 0.4) is 0 Å². The molecule has 1 heterocycles. The zero-order chi connectivity index (χ0) is 24.0. The Morgan fingerprint density at radius 3 is 2.30 bits per heavy atom. The second-order valence-corrected chi connectivity index (χ2v) is 8.45. The average molecular weight is 467 g/mol. The Kier molecular flexibility index (Phi) is 8.06. The van der Waals surface area contributed by atoms with E-state index in [2.05, 4.69) is 5.32 Å². The van der Waals surface area contributed by atoms with Crippen LogP contribution in [0.1, 0.15) is 38.3 Å². The van der Waals surface area contributed by atoms with Gasteiger partial charge in [0.25, 0.3) is 5.69 Å². The van der Waals surface area contributed by atoms with Gasteiger partial charge in [-0.1, -0.05) is 49.0 Å². The first-order valence-corrected chi connectivity index (χ1v) is 11.7. The molecular weight excluding hydrogens is 440 g/mol. The van der Waals surface area contributed by atoms with Gasteiger partial charge < -0.3 is 10.1 Å². The fourth-order valence-corrected chi connectivity index (χ4v) is 4.78. The van der Waals surface area contributed by atoms with E-state index in [1.807, 2.05) is 44.2 Å². The predicted octanol–water partition coefficient (Wildman–Crippen LogP) is 5.23. The van der Waals surface area contributed by atoms with Crippen LogP contribution in [-0.2, 0) is 20.1 Å². The smallest absolute Gasteiger partial charge is 0.336 e. The Balaban J connectivity index is 1.98. The van der Waals surface area contributed by atoms with Gasteiger partial charge in [0.15, 0.2) is 0 Å². The van der Waals surface area contributed by atoms with Crippen LogP contribution >= 0.6 is 11.8 Å². The number of dihydropyridines is 1. The number of carbonyl (C=O) groups is 2. The number of rotatable bonds is 8. The van der Waals surface area contributed by atoms with E-state index in [9.17, 15) is 19.7 Å². The summed E-state index contributed by atoms with van der Waals surface area (Å²) in [7, 11) is 0. The van der Waals surface area contributed by atoms with Gasteiger partial charge in [0.05, 0.1) is 22.8 Å². The molecule has 0 spiro atoms. The fraction of sp³-hybridized carbons (Fsp3) is 0.280. The third-order valence-electron chi connectivity index (χ3n) is 5.39. The maximum Gasteiger partial charge on any atom is 0.336 e.